The third kappa shape index (κ3) is 2.46. The minimum atomic E-state index is 0.0845. The highest BCUT2D eigenvalue weighted by molar-refractivity contribution is 4.95. The summed E-state index contributed by atoms with van der Waals surface area (Å²) in [5, 5.41) is 7.05. The van der Waals surface area contributed by atoms with Crippen molar-refractivity contribution in [2.75, 3.05) is 0 Å². The molecule has 66 valence electrons. The second-order valence-corrected chi connectivity index (χ2v) is 4.88. The van der Waals surface area contributed by atoms with Crippen molar-refractivity contribution in [2.24, 2.45) is 0 Å². The number of nitrogens with one attached hydrogen (secondary N) is 2. The zero-order valence-electron chi connectivity index (χ0n) is 8.28. The Balaban J connectivity index is 2.66. The second kappa shape index (κ2) is 2.46. The molecule has 2 nitrogen and oxygen atoms in total. The summed E-state index contributed by atoms with van der Waals surface area (Å²) < 4.78 is 0. The van der Waals surface area contributed by atoms with Crippen LogP contribution >= 0.6 is 0 Å². The fraction of sp³-hybridized carbons (Fsp3) is 1.00. The lowest BCUT2D eigenvalue weighted by molar-refractivity contribution is 0.130. The van der Waals surface area contributed by atoms with Crippen molar-refractivity contribution in [3.05, 3.63) is 0 Å². The number of rotatable bonds is 0. The maximum atomic E-state index is 3.55. The molecule has 0 amide bonds. The van der Waals surface area contributed by atoms with Gasteiger partial charge in [0.1, 0.15) is 0 Å². The lowest BCUT2D eigenvalue weighted by atomic mass is 9.90. The smallest absolute Gasteiger partial charge is 0.0635 e. The van der Waals surface area contributed by atoms with Gasteiger partial charge < -0.3 is 0 Å². The molecular formula is C9H20N2. The molecular weight excluding hydrogens is 136 g/mol. The first-order valence-corrected chi connectivity index (χ1v) is 4.38. The lowest BCUT2D eigenvalue weighted by Gasteiger charge is -2.46. The van der Waals surface area contributed by atoms with Gasteiger partial charge in [-0.15, -0.1) is 0 Å². The van der Waals surface area contributed by atoms with Gasteiger partial charge in [0.05, 0.1) is 5.66 Å². The summed E-state index contributed by atoms with van der Waals surface area (Å²) in [5.74, 6) is 0. The van der Waals surface area contributed by atoms with Crippen molar-refractivity contribution in [3.63, 3.8) is 0 Å². The Morgan fingerprint density at radius 1 is 1.18 bits per heavy atom. The molecule has 0 saturated carbocycles. The van der Waals surface area contributed by atoms with Gasteiger partial charge in [0.15, 0.2) is 0 Å². The van der Waals surface area contributed by atoms with Gasteiger partial charge in [0, 0.05) is 11.6 Å². The van der Waals surface area contributed by atoms with Crippen LogP contribution in [0, 0.1) is 0 Å². The van der Waals surface area contributed by atoms with Crippen LogP contribution in [0.2, 0.25) is 0 Å². The van der Waals surface area contributed by atoms with E-state index in [9.17, 15) is 0 Å². The van der Waals surface area contributed by atoms with Gasteiger partial charge in [-0.2, -0.15) is 0 Å². The highest BCUT2D eigenvalue weighted by Crippen LogP contribution is 2.21. The number of hydrogen-bond acceptors (Lipinski definition) is 2. The maximum absolute atomic E-state index is 3.55. The first-order chi connectivity index (χ1) is 4.81. The van der Waals surface area contributed by atoms with Crippen molar-refractivity contribution in [2.45, 2.75) is 58.3 Å². The molecule has 2 N–H and O–H groups in total. The summed E-state index contributed by atoms with van der Waals surface area (Å²) in [5.41, 5.74) is 0.356. The Hall–Kier alpha value is -0.0800. The molecule has 0 aliphatic carbocycles. The third-order valence-corrected chi connectivity index (χ3v) is 2.07. The first-order valence-electron chi connectivity index (χ1n) is 4.38. The predicted octanol–water partition coefficient (Wildman–Crippen LogP) is 1.47. The second-order valence-electron chi connectivity index (χ2n) is 4.88. The number of hydrogen-bond donors (Lipinski definition) is 2. The minimum Gasteiger partial charge on any atom is -0.297 e. The van der Waals surface area contributed by atoms with Crippen molar-refractivity contribution in [1.29, 1.82) is 0 Å². The van der Waals surface area contributed by atoms with Crippen LogP contribution in [0.3, 0.4) is 0 Å². The Bertz CT molecular complexity index is 134. The summed E-state index contributed by atoms with van der Waals surface area (Å²) in [4.78, 5) is 0. The van der Waals surface area contributed by atoms with Gasteiger partial charge in [0.2, 0.25) is 0 Å². The van der Waals surface area contributed by atoms with E-state index in [2.05, 4.69) is 45.3 Å². The van der Waals surface area contributed by atoms with E-state index in [0.717, 1.165) is 0 Å². The van der Waals surface area contributed by atoms with Crippen LogP contribution in [-0.2, 0) is 0 Å². The molecule has 0 spiro atoms. The van der Waals surface area contributed by atoms with E-state index in [-0.39, 0.29) is 11.2 Å². The average Bonchev–Trinajstić information content (AvgIpc) is 1.49. The van der Waals surface area contributed by atoms with Gasteiger partial charge in [-0.25, -0.2) is 0 Å². The maximum Gasteiger partial charge on any atom is 0.0635 e. The topological polar surface area (TPSA) is 24.1 Å². The molecule has 1 aliphatic heterocycles. The van der Waals surface area contributed by atoms with Crippen molar-refractivity contribution in [3.8, 4) is 0 Å². The molecule has 2 heteroatoms. The zero-order chi connectivity index (χ0) is 8.70. The SMILES string of the molecule is C[C@H]1CC(C)(C)NC(C)(C)N1. The van der Waals surface area contributed by atoms with E-state index in [0.29, 0.717) is 6.04 Å². The van der Waals surface area contributed by atoms with Crippen LogP contribution in [0.1, 0.15) is 41.0 Å². The van der Waals surface area contributed by atoms with E-state index in [1.807, 2.05) is 0 Å². The molecule has 0 radical (unpaired) electrons. The van der Waals surface area contributed by atoms with Gasteiger partial charge >= 0.3 is 0 Å². The minimum absolute atomic E-state index is 0.0845. The Morgan fingerprint density at radius 3 is 2.09 bits per heavy atom. The lowest BCUT2D eigenvalue weighted by Crippen LogP contribution is -2.67. The van der Waals surface area contributed by atoms with Crippen molar-refractivity contribution < 1.29 is 0 Å². The van der Waals surface area contributed by atoms with E-state index >= 15 is 0 Å². The van der Waals surface area contributed by atoms with Gasteiger partial charge in [-0.05, 0) is 41.0 Å². The summed E-state index contributed by atoms with van der Waals surface area (Å²) in [6.07, 6.45) is 1.19. The van der Waals surface area contributed by atoms with Gasteiger partial charge in [-0.3, -0.25) is 10.6 Å². The molecule has 0 aromatic carbocycles. The van der Waals surface area contributed by atoms with E-state index in [1.54, 1.807) is 0 Å². The van der Waals surface area contributed by atoms with Gasteiger partial charge in [-0.1, -0.05) is 0 Å². The molecule has 11 heavy (non-hydrogen) atoms. The summed E-state index contributed by atoms with van der Waals surface area (Å²) >= 11 is 0. The van der Waals surface area contributed by atoms with Crippen molar-refractivity contribution >= 4 is 0 Å². The van der Waals surface area contributed by atoms with Crippen LogP contribution in [0.5, 0.6) is 0 Å². The fourth-order valence-corrected chi connectivity index (χ4v) is 2.37. The summed E-state index contributed by atoms with van der Waals surface area (Å²) in [6, 6.07) is 0.612. The third-order valence-electron chi connectivity index (χ3n) is 2.07. The molecule has 1 rings (SSSR count). The molecule has 0 unspecified atom stereocenters. The normalized spacial score (nSPS) is 35.2. The predicted molar refractivity (Wildman–Crippen MR) is 48.5 cm³/mol. The highest BCUT2D eigenvalue weighted by atomic mass is 15.2. The Kier molecular flexibility index (Phi) is 2.01. The fourth-order valence-electron chi connectivity index (χ4n) is 2.37. The molecule has 0 aromatic rings. The standard InChI is InChI=1S/C9H20N2/c1-7-6-8(2,3)11-9(4,5)10-7/h7,10-11H,6H2,1-5H3/t7-/m0/s1. The molecule has 0 bridgehead atoms. The monoisotopic (exact) mass is 156 g/mol. The highest BCUT2D eigenvalue weighted by Gasteiger charge is 2.34. The largest absolute Gasteiger partial charge is 0.297 e. The van der Waals surface area contributed by atoms with Crippen LogP contribution in [0.4, 0.5) is 0 Å². The average molecular weight is 156 g/mol. The van der Waals surface area contributed by atoms with Gasteiger partial charge in [0.25, 0.3) is 0 Å². The van der Waals surface area contributed by atoms with Crippen molar-refractivity contribution in [1.82, 2.24) is 10.6 Å². The first kappa shape index (κ1) is 9.01. The summed E-state index contributed by atoms with van der Waals surface area (Å²) in [6.45, 7) is 11.1. The van der Waals surface area contributed by atoms with Crippen LogP contribution in [0.15, 0.2) is 0 Å². The van der Waals surface area contributed by atoms with E-state index in [4.69, 9.17) is 0 Å². The Labute approximate surface area is 69.8 Å². The Morgan fingerprint density at radius 2 is 1.73 bits per heavy atom. The van der Waals surface area contributed by atoms with E-state index in [1.165, 1.54) is 6.42 Å². The molecule has 1 fully saturated rings. The van der Waals surface area contributed by atoms with Crippen LogP contribution in [-0.4, -0.2) is 17.2 Å². The molecule has 1 saturated heterocycles. The van der Waals surface area contributed by atoms with Crippen LogP contribution in [0.25, 0.3) is 0 Å². The molecule has 1 aliphatic rings. The summed E-state index contributed by atoms with van der Waals surface area (Å²) in [7, 11) is 0. The molecule has 1 heterocycles. The molecule has 1 atom stereocenters. The van der Waals surface area contributed by atoms with Crippen LogP contribution < -0.4 is 10.6 Å². The molecule has 0 aromatic heterocycles. The quantitative estimate of drug-likeness (QED) is 0.555. The van der Waals surface area contributed by atoms with E-state index < -0.39 is 0 Å². The zero-order valence-corrected chi connectivity index (χ0v) is 8.28.